The zero-order valence-corrected chi connectivity index (χ0v) is 8.86. The molecule has 2 saturated carbocycles. The highest BCUT2D eigenvalue weighted by atomic mass is 16.3. The summed E-state index contributed by atoms with van der Waals surface area (Å²) in [5, 5.41) is 19.0. The van der Waals surface area contributed by atoms with Gasteiger partial charge in [0.15, 0.2) is 0 Å². The Hall–Kier alpha value is -0.0800. The number of aliphatic hydroxyl groups excluding tert-OH is 2. The molecule has 0 heterocycles. The number of aliphatic hydroxyl groups is 2. The molecule has 2 rings (SSSR count). The van der Waals surface area contributed by atoms with Crippen LogP contribution in [0.25, 0.3) is 0 Å². The van der Waals surface area contributed by atoms with Crippen molar-refractivity contribution in [2.24, 2.45) is 11.8 Å². The monoisotopic (exact) mass is 198 g/mol. The van der Waals surface area contributed by atoms with Crippen LogP contribution in [0.4, 0.5) is 0 Å². The Bertz CT molecular complexity index is 173. The fourth-order valence-electron chi connectivity index (χ4n) is 3.20. The van der Waals surface area contributed by atoms with E-state index in [9.17, 15) is 10.2 Å². The van der Waals surface area contributed by atoms with Crippen molar-refractivity contribution in [1.82, 2.24) is 0 Å². The summed E-state index contributed by atoms with van der Waals surface area (Å²) in [7, 11) is 0. The van der Waals surface area contributed by atoms with Crippen molar-refractivity contribution >= 4 is 0 Å². The molecule has 0 spiro atoms. The van der Waals surface area contributed by atoms with Crippen molar-refractivity contribution < 1.29 is 10.2 Å². The lowest BCUT2D eigenvalue weighted by molar-refractivity contribution is 0.0452. The first-order valence-electron chi connectivity index (χ1n) is 6.12. The first kappa shape index (κ1) is 10.4. The van der Waals surface area contributed by atoms with Crippen LogP contribution in [0.15, 0.2) is 0 Å². The lowest BCUT2D eigenvalue weighted by atomic mass is 9.72. The predicted octanol–water partition coefficient (Wildman–Crippen LogP) is 2.09. The van der Waals surface area contributed by atoms with Gasteiger partial charge in [0.2, 0.25) is 0 Å². The standard InChI is InChI=1S/C12H22O2/c13-11-6-4-9(5-7-11)10-2-1-3-12(14)8-10/h9-14H,1-8H2/t9?,10-,11?,12+/m1/s1. The van der Waals surface area contributed by atoms with Crippen LogP contribution in [0.1, 0.15) is 51.4 Å². The van der Waals surface area contributed by atoms with Crippen molar-refractivity contribution in [2.75, 3.05) is 0 Å². The SMILES string of the molecule is OC1CCC([C@@H]2CCC[C@H](O)C2)CC1. The van der Waals surface area contributed by atoms with Crippen LogP contribution in [-0.4, -0.2) is 22.4 Å². The van der Waals surface area contributed by atoms with E-state index in [1.807, 2.05) is 0 Å². The van der Waals surface area contributed by atoms with Gasteiger partial charge in [-0.1, -0.05) is 6.42 Å². The Kier molecular flexibility index (Phi) is 3.45. The molecule has 82 valence electrons. The predicted molar refractivity (Wildman–Crippen MR) is 55.9 cm³/mol. The third kappa shape index (κ3) is 2.48. The summed E-state index contributed by atoms with van der Waals surface area (Å²) in [6.07, 6.45) is 8.77. The van der Waals surface area contributed by atoms with E-state index < -0.39 is 0 Å². The van der Waals surface area contributed by atoms with Crippen LogP contribution in [0, 0.1) is 11.8 Å². The molecule has 0 radical (unpaired) electrons. The number of rotatable bonds is 1. The number of hydrogen-bond donors (Lipinski definition) is 2. The minimum absolute atomic E-state index is 0.0411. The van der Waals surface area contributed by atoms with Gasteiger partial charge in [-0.3, -0.25) is 0 Å². The first-order chi connectivity index (χ1) is 6.75. The van der Waals surface area contributed by atoms with Crippen molar-refractivity contribution in [3.8, 4) is 0 Å². The molecule has 2 fully saturated rings. The topological polar surface area (TPSA) is 40.5 Å². The van der Waals surface area contributed by atoms with E-state index in [0.29, 0.717) is 0 Å². The summed E-state index contributed by atoms with van der Waals surface area (Å²) in [6, 6.07) is 0. The van der Waals surface area contributed by atoms with E-state index >= 15 is 0 Å². The maximum absolute atomic E-state index is 9.61. The molecule has 2 atom stereocenters. The Morgan fingerprint density at radius 3 is 2.00 bits per heavy atom. The molecular formula is C12H22O2. The van der Waals surface area contributed by atoms with Crippen LogP contribution < -0.4 is 0 Å². The third-order valence-corrected chi connectivity index (χ3v) is 4.10. The molecule has 0 aromatic heterocycles. The number of hydrogen-bond acceptors (Lipinski definition) is 2. The summed E-state index contributed by atoms with van der Waals surface area (Å²) in [4.78, 5) is 0. The molecule has 0 aromatic rings. The fourth-order valence-corrected chi connectivity index (χ4v) is 3.20. The maximum atomic E-state index is 9.61. The molecule has 0 aliphatic heterocycles. The summed E-state index contributed by atoms with van der Waals surface area (Å²) in [5.74, 6) is 1.53. The molecule has 2 aliphatic carbocycles. The molecule has 2 N–H and O–H groups in total. The van der Waals surface area contributed by atoms with Crippen molar-refractivity contribution in [1.29, 1.82) is 0 Å². The van der Waals surface area contributed by atoms with E-state index in [1.165, 1.54) is 25.7 Å². The Balaban J connectivity index is 1.82. The average molecular weight is 198 g/mol. The minimum Gasteiger partial charge on any atom is -0.393 e. The molecule has 14 heavy (non-hydrogen) atoms. The maximum Gasteiger partial charge on any atom is 0.0543 e. The second kappa shape index (κ2) is 4.63. The summed E-state index contributed by atoms with van der Waals surface area (Å²) >= 11 is 0. The lowest BCUT2D eigenvalue weighted by Gasteiger charge is -2.36. The van der Waals surface area contributed by atoms with Gasteiger partial charge in [-0.05, 0) is 56.8 Å². The minimum atomic E-state index is -0.0419. The van der Waals surface area contributed by atoms with Crippen LogP contribution >= 0.6 is 0 Å². The molecule has 0 unspecified atom stereocenters. The van der Waals surface area contributed by atoms with Crippen LogP contribution in [-0.2, 0) is 0 Å². The van der Waals surface area contributed by atoms with E-state index in [-0.39, 0.29) is 12.2 Å². The molecule has 0 bridgehead atoms. The second-order valence-corrected chi connectivity index (χ2v) is 5.15. The third-order valence-electron chi connectivity index (χ3n) is 4.10. The van der Waals surface area contributed by atoms with E-state index in [4.69, 9.17) is 0 Å². The van der Waals surface area contributed by atoms with Gasteiger partial charge < -0.3 is 10.2 Å². The quantitative estimate of drug-likeness (QED) is 0.677. The molecular weight excluding hydrogens is 176 g/mol. The van der Waals surface area contributed by atoms with Gasteiger partial charge in [-0.2, -0.15) is 0 Å². The normalized spacial score (nSPS) is 45.0. The highest BCUT2D eigenvalue weighted by Gasteiger charge is 2.30. The van der Waals surface area contributed by atoms with E-state index in [2.05, 4.69) is 0 Å². The van der Waals surface area contributed by atoms with E-state index in [0.717, 1.165) is 37.5 Å². The molecule has 0 aromatic carbocycles. The molecule has 0 saturated heterocycles. The Morgan fingerprint density at radius 2 is 1.36 bits per heavy atom. The summed E-state index contributed by atoms with van der Waals surface area (Å²) in [6.45, 7) is 0. The van der Waals surface area contributed by atoms with Crippen LogP contribution in [0.5, 0.6) is 0 Å². The zero-order chi connectivity index (χ0) is 9.97. The summed E-state index contributed by atoms with van der Waals surface area (Å²) in [5.41, 5.74) is 0. The van der Waals surface area contributed by atoms with Gasteiger partial charge in [0, 0.05) is 0 Å². The molecule has 0 amide bonds. The van der Waals surface area contributed by atoms with Gasteiger partial charge >= 0.3 is 0 Å². The van der Waals surface area contributed by atoms with Crippen molar-refractivity contribution in [3.63, 3.8) is 0 Å². The average Bonchev–Trinajstić information content (AvgIpc) is 2.19. The van der Waals surface area contributed by atoms with Gasteiger partial charge in [0.25, 0.3) is 0 Å². The zero-order valence-electron chi connectivity index (χ0n) is 8.86. The van der Waals surface area contributed by atoms with Gasteiger partial charge in [0.1, 0.15) is 0 Å². The highest BCUT2D eigenvalue weighted by Crippen LogP contribution is 2.38. The molecule has 2 heteroatoms. The lowest BCUT2D eigenvalue weighted by Crippen LogP contribution is -2.29. The Labute approximate surface area is 86.3 Å². The highest BCUT2D eigenvalue weighted by molar-refractivity contribution is 4.81. The van der Waals surface area contributed by atoms with Gasteiger partial charge in [-0.15, -0.1) is 0 Å². The molecule has 2 nitrogen and oxygen atoms in total. The fraction of sp³-hybridized carbons (Fsp3) is 1.00. The van der Waals surface area contributed by atoms with Gasteiger partial charge in [-0.25, -0.2) is 0 Å². The molecule has 2 aliphatic rings. The van der Waals surface area contributed by atoms with Crippen molar-refractivity contribution in [2.45, 2.75) is 63.6 Å². The first-order valence-corrected chi connectivity index (χ1v) is 6.12. The Morgan fingerprint density at radius 1 is 0.643 bits per heavy atom. The van der Waals surface area contributed by atoms with Gasteiger partial charge in [0.05, 0.1) is 12.2 Å². The largest absolute Gasteiger partial charge is 0.393 e. The summed E-state index contributed by atoms with van der Waals surface area (Å²) < 4.78 is 0. The van der Waals surface area contributed by atoms with Crippen LogP contribution in [0.2, 0.25) is 0 Å². The van der Waals surface area contributed by atoms with E-state index in [1.54, 1.807) is 0 Å². The second-order valence-electron chi connectivity index (χ2n) is 5.15. The smallest absolute Gasteiger partial charge is 0.0543 e. The van der Waals surface area contributed by atoms with Crippen LogP contribution in [0.3, 0.4) is 0 Å². The van der Waals surface area contributed by atoms with Crippen molar-refractivity contribution in [3.05, 3.63) is 0 Å².